The lowest BCUT2D eigenvalue weighted by molar-refractivity contribution is -0.137. The molecular formula is C18H18ClF3N4O3. The fraction of sp³-hybridized carbons (Fsp3) is 0.389. The maximum Gasteiger partial charge on any atom is 0.417 e. The summed E-state index contributed by atoms with van der Waals surface area (Å²) >= 11 is 5.98. The van der Waals surface area contributed by atoms with Gasteiger partial charge in [0.2, 0.25) is 5.91 Å². The van der Waals surface area contributed by atoms with Gasteiger partial charge in [-0.2, -0.15) is 13.2 Å². The maximum absolute atomic E-state index is 12.7. The van der Waals surface area contributed by atoms with E-state index in [0.717, 1.165) is 12.3 Å². The summed E-state index contributed by atoms with van der Waals surface area (Å²) in [5.41, 5.74) is -0.906. The number of aromatic nitrogens is 1. The molecule has 3 rings (SSSR count). The van der Waals surface area contributed by atoms with Crippen LogP contribution in [-0.2, 0) is 11.0 Å². The lowest BCUT2D eigenvalue weighted by Crippen LogP contribution is -2.49. The van der Waals surface area contributed by atoms with Gasteiger partial charge in [0.05, 0.1) is 16.8 Å². The summed E-state index contributed by atoms with van der Waals surface area (Å²) in [4.78, 5) is 31.3. The molecule has 1 N–H and O–H groups in total. The van der Waals surface area contributed by atoms with Gasteiger partial charge in [0.1, 0.15) is 5.82 Å². The Morgan fingerprint density at radius 2 is 1.97 bits per heavy atom. The van der Waals surface area contributed by atoms with Crippen LogP contribution in [0.25, 0.3) is 0 Å². The molecule has 0 unspecified atom stereocenters. The summed E-state index contributed by atoms with van der Waals surface area (Å²) in [6, 6.07) is 3.97. The summed E-state index contributed by atoms with van der Waals surface area (Å²) in [6.07, 6.45) is -2.24. The zero-order chi connectivity index (χ0) is 21.0. The topological polar surface area (TPSA) is 78.7 Å². The molecule has 0 aliphatic carbocycles. The van der Waals surface area contributed by atoms with Gasteiger partial charge in [-0.25, -0.2) is 4.98 Å². The maximum atomic E-state index is 12.7. The Balaban J connectivity index is 1.47. The molecule has 0 aromatic carbocycles. The Labute approximate surface area is 169 Å². The van der Waals surface area contributed by atoms with Gasteiger partial charge in [0, 0.05) is 45.3 Å². The first-order valence-corrected chi connectivity index (χ1v) is 9.20. The second kappa shape index (κ2) is 8.73. The van der Waals surface area contributed by atoms with Crippen molar-refractivity contribution in [3.05, 3.63) is 47.0 Å². The molecule has 2 aromatic rings. The normalized spacial score (nSPS) is 14.8. The first kappa shape index (κ1) is 21.0. The van der Waals surface area contributed by atoms with Crippen LogP contribution in [0.5, 0.6) is 0 Å². The number of carbonyl (C=O) groups excluding carboxylic acids is 2. The number of carbonyl (C=O) groups is 2. The summed E-state index contributed by atoms with van der Waals surface area (Å²) in [7, 11) is 0. The van der Waals surface area contributed by atoms with Crippen LogP contribution in [0, 0.1) is 0 Å². The number of furan rings is 1. The number of nitrogens with zero attached hydrogens (tertiary/aromatic N) is 3. The van der Waals surface area contributed by atoms with Crippen molar-refractivity contribution >= 4 is 29.2 Å². The molecule has 2 aromatic heterocycles. The number of amides is 2. The Kier molecular flexibility index (Phi) is 6.31. The predicted octanol–water partition coefficient (Wildman–Crippen LogP) is 2.82. The first-order chi connectivity index (χ1) is 13.8. The number of halogens is 4. The minimum Gasteiger partial charge on any atom is -0.459 e. The molecule has 3 heterocycles. The lowest BCUT2D eigenvalue weighted by atomic mass is 10.2. The number of rotatable bonds is 5. The largest absolute Gasteiger partial charge is 0.459 e. The third-order valence-corrected chi connectivity index (χ3v) is 4.73. The van der Waals surface area contributed by atoms with E-state index in [1.54, 1.807) is 15.9 Å². The van der Waals surface area contributed by atoms with Gasteiger partial charge in [0.25, 0.3) is 5.91 Å². The lowest BCUT2D eigenvalue weighted by Gasteiger charge is -2.36. The van der Waals surface area contributed by atoms with Crippen molar-refractivity contribution < 1.29 is 27.2 Å². The van der Waals surface area contributed by atoms with E-state index in [9.17, 15) is 22.8 Å². The number of alkyl halides is 3. The van der Waals surface area contributed by atoms with Crippen molar-refractivity contribution in [2.24, 2.45) is 0 Å². The highest BCUT2D eigenvalue weighted by Gasteiger charge is 2.32. The molecule has 29 heavy (non-hydrogen) atoms. The number of nitrogens with one attached hydrogen (secondary N) is 1. The van der Waals surface area contributed by atoms with Gasteiger partial charge in [-0.15, -0.1) is 0 Å². The van der Waals surface area contributed by atoms with Crippen molar-refractivity contribution in [1.29, 1.82) is 0 Å². The van der Waals surface area contributed by atoms with Crippen LogP contribution < -0.4 is 10.2 Å². The molecule has 1 saturated heterocycles. The molecule has 0 bridgehead atoms. The summed E-state index contributed by atoms with van der Waals surface area (Å²) in [6.45, 7) is 1.71. The van der Waals surface area contributed by atoms with Crippen molar-refractivity contribution in [3.63, 3.8) is 0 Å². The van der Waals surface area contributed by atoms with Crippen molar-refractivity contribution in [2.45, 2.75) is 12.6 Å². The van der Waals surface area contributed by atoms with E-state index >= 15 is 0 Å². The highest BCUT2D eigenvalue weighted by molar-refractivity contribution is 6.33. The molecule has 156 valence electrons. The Bertz CT molecular complexity index is 866. The van der Waals surface area contributed by atoms with E-state index in [-0.39, 0.29) is 35.5 Å². The van der Waals surface area contributed by atoms with Gasteiger partial charge in [0.15, 0.2) is 5.76 Å². The van der Waals surface area contributed by atoms with E-state index in [1.807, 2.05) is 0 Å². The Hall–Kier alpha value is -2.75. The van der Waals surface area contributed by atoms with E-state index < -0.39 is 17.6 Å². The number of anilines is 1. The van der Waals surface area contributed by atoms with Crippen LogP contribution in [-0.4, -0.2) is 54.4 Å². The summed E-state index contributed by atoms with van der Waals surface area (Å²) in [5, 5.41) is 2.52. The molecule has 1 aliphatic rings. The molecule has 7 nitrogen and oxygen atoms in total. The zero-order valence-corrected chi connectivity index (χ0v) is 16.0. The minimum absolute atomic E-state index is 0.0831. The van der Waals surface area contributed by atoms with E-state index in [2.05, 4.69) is 10.3 Å². The minimum atomic E-state index is -4.51. The van der Waals surface area contributed by atoms with Crippen molar-refractivity contribution in [2.75, 3.05) is 37.6 Å². The van der Waals surface area contributed by atoms with Crippen LogP contribution >= 0.6 is 11.6 Å². The van der Waals surface area contributed by atoms with Crippen LogP contribution in [0.2, 0.25) is 5.02 Å². The second-order valence-electron chi connectivity index (χ2n) is 6.38. The average molecular weight is 431 g/mol. The van der Waals surface area contributed by atoms with Crippen LogP contribution in [0.1, 0.15) is 22.5 Å². The van der Waals surface area contributed by atoms with Gasteiger partial charge in [-0.3, -0.25) is 9.59 Å². The van der Waals surface area contributed by atoms with Crippen LogP contribution in [0.15, 0.2) is 35.1 Å². The molecule has 1 aliphatic heterocycles. The fourth-order valence-corrected chi connectivity index (χ4v) is 3.21. The fourth-order valence-electron chi connectivity index (χ4n) is 2.92. The van der Waals surface area contributed by atoms with Crippen LogP contribution in [0.4, 0.5) is 19.0 Å². The quantitative estimate of drug-likeness (QED) is 0.789. The third-order valence-electron chi connectivity index (χ3n) is 4.45. The summed E-state index contributed by atoms with van der Waals surface area (Å²) < 4.78 is 43.1. The van der Waals surface area contributed by atoms with Gasteiger partial charge in [-0.1, -0.05) is 11.6 Å². The zero-order valence-electron chi connectivity index (χ0n) is 15.2. The molecule has 0 spiro atoms. The van der Waals surface area contributed by atoms with Gasteiger partial charge in [-0.05, 0) is 18.2 Å². The average Bonchev–Trinajstić information content (AvgIpc) is 3.22. The highest BCUT2D eigenvalue weighted by Crippen LogP contribution is 2.33. The van der Waals surface area contributed by atoms with E-state index in [1.165, 1.54) is 12.3 Å². The summed E-state index contributed by atoms with van der Waals surface area (Å²) in [5.74, 6) is -0.0871. The van der Waals surface area contributed by atoms with E-state index in [4.69, 9.17) is 16.0 Å². The molecule has 11 heteroatoms. The van der Waals surface area contributed by atoms with Crippen LogP contribution in [0.3, 0.4) is 0 Å². The Morgan fingerprint density at radius 3 is 2.55 bits per heavy atom. The molecule has 0 saturated carbocycles. The molecule has 1 fully saturated rings. The van der Waals surface area contributed by atoms with Crippen molar-refractivity contribution in [3.8, 4) is 0 Å². The SMILES string of the molecule is O=C(NCCC(=O)N1CCN(c2ncc(C(F)(F)F)cc2Cl)CC1)c1ccco1. The van der Waals surface area contributed by atoms with E-state index in [0.29, 0.717) is 26.2 Å². The number of hydrogen-bond donors (Lipinski definition) is 1. The van der Waals surface area contributed by atoms with Gasteiger partial charge < -0.3 is 19.5 Å². The van der Waals surface area contributed by atoms with Gasteiger partial charge >= 0.3 is 6.18 Å². The first-order valence-electron chi connectivity index (χ1n) is 8.83. The Morgan fingerprint density at radius 1 is 1.24 bits per heavy atom. The smallest absolute Gasteiger partial charge is 0.417 e. The molecule has 0 radical (unpaired) electrons. The molecular weight excluding hydrogens is 413 g/mol. The molecule has 0 atom stereocenters. The predicted molar refractivity (Wildman–Crippen MR) is 98.7 cm³/mol. The third kappa shape index (κ3) is 5.20. The number of hydrogen-bond acceptors (Lipinski definition) is 5. The highest BCUT2D eigenvalue weighted by atomic mass is 35.5. The molecule has 2 amide bonds. The number of pyridine rings is 1. The second-order valence-corrected chi connectivity index (χ2v) is 6.79. The monoisotopic (exact) mass is 430 g/mol. The standard InChI is InChI=1S/C18H18ClF3N4O3/c19-13-10-12(18(20,21)22)11-24-16(13)26-7-5-25(6-8-26)15(27)3-4-23-17(28)14-2-1-9-29-14/h1-2,9-11H,3-8H2,(H,23,28). The number of piperazine rings is 1. The van der Waals surface area contributed by atoms with Crippen molar-refractivity contribution in [1.82, 2.24) is 15.2 Å².